The second kappa shape index (κ2) is 7.25. The van der Waals surface area contributed by atoms with Gasteiger partial charge in [-0.1, -0.05) is 0 Å². The summed E-state index contributed by atoms with van der Waals surface area (Å²) in [5.74, 6) is 0.273. The van der Waals surface area contributed by atoms with Crippen molar-refractivity contribution in [3.8, 4) is 0 Å². The molecule has 1 aromatic carbocycles. The number of sulfonamides is 1. The molecule has 3 rings (SSSR count). The summed E-state index contributed by atoms with van der Waals surface area (Å²) in [6, 6.07) is 9.42. The Bertz CT molecular complexity index is 935. The summed E-state index contributed by atoms with van der Waals surface area (Å²) in [6.45, 7) is 2.65. The average Bonchev–Trinajstić information content (AvgIpc) is 3.00. The minimum absolute atomic E-state index is 0.0975. The van der Waals surface area contributed by atoms with Crippen LogP contribution in [0.15, 0.2) is 51.9 Å². The maximum atomic E-state index is 12.4. The quantitative estimate of drug-likeness (QED) is 0.890. The lowest BCUT2D eigenvalue weighted by Crippen LogP contribution is -2.20. The normalized spacial score (nSPS) is 16.1. The molecular weight excluding hydrogens is 352 g/mol. The van der Waals surface area contributed by atoms with E-state index in [0.717, 1.165) is 18.7 Å². The van der Waals surface area contributed by atoms with Gasteiger partial charge in [0.25, 0.3) is 15.9 Å². The highest BCUT2D eigenvalue weighted by molar-refractivity contribution is 7.90. The molecule has 0 aliphatic carbocycles. The topological polar surface area (TPSA) is 91.7 Å². The molecule has 1 saturated heterocycles. The number of aryl methyl sites for hydroxylation is 1. The first-order chi connectivity index (χ1) is 12.3. The number of likely N-dealkylation sites (tertiary alicyclic amines) is 1. The molecular formula is C18H20N4O3S. The molecule has 7 nitrogen and oxygen atoms in total. The highest BCUT2D eigenvalue weighted by Gasteiger charge is 2.20. The van der Waals surface area contributed by atoms with Gasteiger partial charge in [0.2, 0.25) is 0 Å². The number of hydrogen-bond donors (Lipinski definition) is 1. The second-order valence-corrected chi connectivity index (χ2v) is 7.78. The third-order valence-electron chi connectivity index (χ3n) is 4.14. The van der Waals surface area contributed by atoms with Gasteiger partial charge in [-0.15, -0.1) is 4.40 Å². The van der Waals surface area contributed by atoms with Crippen molar-refractivity contribution in [2.24, 2.45) is 4.40 Å². The molecule has 26 heavy (non-hydrogen) atoms. The Balaban J connectivity index is 1.74. The Hall–Kier alpha value is -2.74. The molecule has 1 N–H and O–H groups in total. The molecule has 2 heterocycles. The first kappa shape index (κ1) is 18.1. The molecule has 1 aliphatic heterocycles. The van der Waals surface area contributed by atoms with Crippen LogP contribution in [0.25, 0.3) is 0 Å². The van der Waals surface area contributed by atoms with Crippen LogP contribution in [0.1, 0.15) is 28.9 Å². The molecule has 1 fully saturated rings. The number of carbonyl (C=O) groups excluding carboxylic acids is 1. The molecule has 0 unspecified atom stereocenters. The monoisotopic (exact) mass is 372 g/mol. The van der Waals surface area contributed by atoms with Crippen LogP contribution >= 0.6 is 0 Å². The number of nitrogens with one attached hydrogen (secondary N) is 1. The van der Waals surface area contributed by atoms with E-state index in [1.807, 2.05) is 18.9 Å². The molecule has 0 atom stereocenters. The highest BCUT2D eigenvalue weighted by Crippen LogP contribution is 2.19. The van der Waals surface area contributed by atoms with Crippen molar-refractivity contribution in [3.05, 3.63) is 53.9 Å². The molecule has 8 heteroatoms. The van der Waals surface area contributed by atoms with Crippen LogP contribution in [-0.2, 0) is 10.0 Å². The molecule has 1 amide bonds. The van der Waals surface area contributed by atoms with Crippen LogP contribution in [0, 0.1) is 6.92 Å². The fourth-order valence-electron chi connectivity index (χ4n) is 2.62. The minimum Gasteiger partial charge on any atom is -0.362 e. The molecule has 2 aromatic rings. The van der Waals surface area contributed by atoms with Crippen LogP contribution in [0.4, 0.5) is 5.69 Å². The van der Waals surface area contributed by atoms with Crippen molar-refractivity contribution >= 4 is 27.5 Å². The molecule has 0 bridgehead atoms. The lowest BCUT2D eigenvalue weighted by atomic mass is 10.2. The largest absolute Gasteiger partial charge is 0.362 e. The van der Waals surface area contributed by atoms with Crippen molar-refractivity contribution in [2.45, 2.75) is 24.7 Å². The molecule has 0 radical (unpaired) electrons. The Morgan fingerprint density at radius 2 is 1.92 bits per heavy atom. The Kier molecular flexibility index (Phi) is 5.03. The Morgan fingerprint density at radius 1 is 1.19 bits per heavy atom. The van der Waals surface area contributed by atoms with Gasteiger partial charge in [-0.05, 0) is 49.7 Å². The number of pyridine rings is 1. The molecule has 1 aromatic heterocycles. The number of hydrogen-bond acceptors (Lipinski definition) is 4. The van der Waals surface area contributed by atoms with Crippen LogP contribution in [0.5, 0.6) is 0 Å². The van der Waals surface area contributed by atoms with E-state index >= 15 is 0 Å². The van der Waals surface area contributed by atoms with E-state index in [9.17, 15) is 13.2 Å². The SMILES string of the molecule is Cc1ccc(C(=O)Nc2ccc(S(=O)(=O)/N=C3/CCCN3C)cc2)cn1. The molecule has 0 spiro atoms. The summed E-state index contributed by atoms with van der Waals surface area (Å²) in [5, 5.41) is 2.72. The van der Waals surface area contributed by atoms with Crippen LogP contribution in [-0.4, -0.2) is 43.6 Å². The van der Waals surface area contributed by atoms with Crippen LogP contribution in [0.3, 0.4) is 0 Å². The van der Waals surface area contributed by atoms with Gasteiger partial charge in [0.1, 0.15) is 5.84 Å². The molecule has 0 saturated carbocycles. The van der Waals surface area contributed by atoms with Gasteiger partial charge >= 0.3 is 0 Å². The zero-order valence-corrected chi connectivity index (χ0v) is 15.5. The number of amides is 1. The van der Waals surface area contributed by atoms with E-state index in [1.165, 1.54) is 18.3 Å². The van der Waals surface area contributed by atoms with Gasteiger partial charge in [-0.3, -0.25) is 9.78 Å². The zero-order valence-electron chi connectivity index (χ0n) is 14.6. The number of nitrogens with zero attached hydrogens (tertiary/aromatic N) is 3. The minimum atomic E-state index is -3.76. The van der Waals surface area contributed by atoms with E-state index in [2.05, 4.69) is 14.7 Å². The van der Waals surface area contributed by atoms with E-state index in [0.29, 0.717) is 23.5 Å². The first-order valence-electron chi connectivity index (χ1n) is 8.24. The Morgan fingerprint density at radius 3 is 2.50 bits per heavy atom. The van der Waals surface area contributed by atoms with Crippen LogP contribution in [0.2, 0.25) is 0 Å². The third kappa shape index (κ3) is 4.08. The summed E-state index contributed by atoms with van der Waals surface area (Å²) in [4.78, 5) is 18.2. The van der Waals surface area contributed by atoms with Crippen molar-refractivity contribution in [1.82, 2.24) is 9.88 Å². The van der Waals surface area contributed by atoms with Gasteiger partial charge < -0.3 is 10.2 Å². The summed E-state index contributed by atoms with van der Waals surface area (Å²) in [5.41, 5.74) is 1.76. The van der Waals surface area contributed by atoms with Gasteiger partial charge in [-0.25, -0.2) is 0 Å². The standard InChI is InChI=1S/C18H20N4O3S/c1-13-5-6-14(12-19-13)18(23)20-15-7-9-16(10-8-15)26(24,25)21-17-4-3-11-22(17)2/h5-10,12H,3-4,11H2,1-2H3,(H,20,23)/b21-17-. The van der Waals surface area contributed by atoms with Crippen molar-refractivity contribution in [2.75, 3.05) is 18.9 Å². The fourth-order valence-corrected chi connectivity index (χ4v) is 3.71. The first-order valence-corrected chi connectivity index (χ1v) is 9.68. The summed E-state index contributed by atoms with van der Waals surface area (Å²) in [6.07, 6.45) is 3.07. The average molecular weight is 372 g/mol. The summed E-state index contributed by atoms with van der Waals surface area (Å²) < 4.78 is 28.7. The maximum absolute atomic E-state index is 12.4. The third-order valence-corrected chi connectivity index (χ3v) is 5.46. The van der Waals surface area contributed by atoms with Gasteiger partial charge in [0, 0.05) is 37.6 Å². The molecule has 136 valence electrons. The predicted octanol–water partition coefficient (Wildman–Crippen LogP) is 2.46. The number of carbonyl (C=O) groups is 1. The number of benzene rings is 1. The number of rotatable bonds is 4. The fraction of sp³-hybridized carbons (Fsp3) is 0.278. The number of aromatic nitrogens is 1. The summed E-state index contributed by atoms with van der Waals surface area (Å²) >= 11 is 0. The van der Waals surface area contributed by atoms with E-state index < -0.39 is 10.0 Å². The van der Waals surface area contributed by atoms with Crippen LogP contribution < -0.4 is 5.32 Å². The predicted molar refractivity (Wildman–Crippen MR) is 99.9 cm³/mol. The second-order valence-electron chi connectivity index (χ2n) is 6.17. The van der Waals surface area contributed by atoms with E-state index in [-0.39, 0.29) is 10.8 Å². The molecule has 1 aliphatic rings. The van der Waals surface area contributed by atoms with E-state index in [1.54, 1.807) is 24.3 Å². The van der Waals surface area contributed by atoms with E-state index in [4.69, 9.17) is 0 Å². The van der Waals surface area contributed by atoms with Crippen molar-refractivity contribution in [1.29, 1.82) is 0 Å². The number of anilines is 1. The van der Waals surface area contributed by atoms with Gasteiger partial charge in [0.15, 0.2) is 0 Å². The maximum Gasteiger partial charge on any atom is 0.283 e. The number of amidine groups is 1. The van der Waals surface area contributed by atoms with Crippen molar-refractivity contribution < 1.29 is 13.2 Å². The smallest absolute Gasteiger partial charge is 0.283 e. The lowest BCUT2D eigenvalue weighted by Gasteiger charge is -2.11. The summed E-state index contributed by atoms with van der Waals surface area (Å²) in [7, 11) is -1.92. The zero-order chi connectivity index (χ0) is 18.7. The highest BCUT2D eigenvalue weighted by atomic mass is 32.2. The van der Waals surface area contributed by atoms with Crippen molar-refractivity contribution in [3.63, 3.8) is 0 Å². The Labute approximate surface area is 152 Å². The van der Waals surface area contributed by atoms with Gasteiger partial charge in [0.05, 0.1) is 10.5 Å². The van der Waals surface area contributed by atoms with Gasteiger partial charge in [-0.2, -0.15) is 8.42 Å². The lowest BCUT2D eigenvalue weighted by molar-refractivity contribution is 0.102.